The van der Waals surface area contributed by atoms with E-state index in [2.05, 4.69) is 19.2 Å². The van der Waals surface area contributed by atoms with Crippen LogP contribution in [0.15, 0.2) is 0 Å². The van der Waals surface area contributed by atoms with Gasteiger partial charge >= 0.3 is 0 Å². The van der Waals surface area contributed by atoms with Crippen molar-refractivity contribution < 1.29 is 4.74 Å². The first kappa shape index (κ1) is 15.8. The van der Waals surface area contributed by atoms with Crippen LogP contribution in [0.4, 0.5) is 0 Å². The van der Waals surface area contributed by atoms with Gasteiger partial charge in [-0.05, 0) is 69.7 Å². The minimum absolute atomic E-state index is 0.303. The summed E-state index contributed by atoms with van der Waals surface area (Å²) in [7, 11) is 0. The van der Waals surface area contributed by atoms with Crippen molar-refractivity contribution in [2.24, 2.45) is 5.41 Å². The van der Waals surface area contributed by atoms with E-state index in [9.17, 15) is 0 Å². The highest BCUT2D eigenvalue weighted by atomic mass is 16.5. The van der Waals surface area contributed by atoms with Crippen molar-refractivity contribution in [2.45, 2.75) is 109 Å². The summed E-state index contributed by atoms with van der Waals surface area (Å²) in [5.41, 5.74) is 0.827. The van der Waals surface area contributed by atoms with E-state index in [1.165, 1.54) is 83.6 Å². The lowest BCUT2D eigenvalue weighted by atomic mass is 9.81. The van der Waals surface area contributed by atoms with Crippen molar-refractivity contribution >= 4 is 0 Å². The molecule has 122 valence electrons. The second-order valence-corrected chi connectivity index (χ2v) is 8.43. The normalized spacial score (nSPS) is 39.1. The number of rotatable bonds is 5. The molecule has 3 atom stereocenters. The van der Waals surface area contributed by atoms with E-state index in [0.717, 1.165) is 6.04 Å². The Morgan fingerprint density at radius 2 is 1.86 bits per heavy atom. The van der Waals surface area contributed by atoms with Gasteiger partial charge in [0.25, 0.3) is 0 Å². The van der Waals surface area contributed by atoms with Gasteiger partial charge in [0.2, 0.25) is 0 Å². The molecule has 2 nitrogen and oxygen atoms in total. The molecule has 1 N–H and O–H groups in total. The topological polar surface area (TPSA) is 21.3 Å². The maximum absolute atomic E-state index is 6.61. The summed E-state index contributed by atoms with van der Waals surface area (Å²) in [6.07, 6.45) is 16.8. The molecule has 0 amide bonds. The molecule has 1 saturated heterocycles. The Morgan fingerprint density at radius 3 is 2.62 bits per heavy atom. The summed E-state index contributed by atoms with van der Waals surface area (Å²) >= 11 is 0. The van der Waals surface area contributed by atoms with Gasteiger partial charge in [-0.15, -0.1) is 0 Å². The van der Waals surface area contributed by atoms with E-state index in [-0.39, 0.29) is 0 Å². The first-order valence-corrected chi connectivity index (χ1v) is 9.54. The molecule has 2 aliphatic carbocycles. The molecule has 3 rings (SSSR count). The predicted octanol–water partition coefficient (Wildman–Crippen LogP) is 4.82. The van der Waals surface area contributed by atoms with Crippen molar-refractivity contribution in [3.8, 4) is 0 Å². The Bertz CT molecular complexity index is 336. The summed E-state index contributed by atoms with van der Waals surface area (Å²) in [5.74, 6) is 0. The number of hydrogen-bond donors (Lipinski definition) is 1. The minimum Gasteiger partial charge on any atom is -0.372 e. The lowest BCUT2D eigenvalue weighted by molar-refractivity contribution is -0.0755. The van der Waals surface area contributed by atoms with Gasteiger partial charge in [0.05, 0.1) is 11.7 Å². The van der Waals surface area contributed by atoms with Crippen LogP contribution in [0.3, 0.4) is 0 Å². The van der Waals surface area contributed by atoms with Gasteiger partial charge in [0, 0.05) is 6.04 Å². The molecule has 0 aromatic carbocycles. The SMILES string of the molecule is CCCNC1CCC(C)(CC2CCC3(CCCCC3)O2)C1. The van der Waals surface area contributed by atoms with E-state index in [0.29, 0.717) is 17.1 Å². The fourth-order valence-corrected chi connectivity index (χ4v) is 5.18. The van der Waals surface area contributed by atoms with Gasteiger partial charge in [0.15, 0.2) is 0 Å². The monoisotopic (exact) mass is 293 g/mol. The molecular weight excluding hydrogens is 258 g/mol. The molecule has 0 radical (unpaired) electrons. The summed E-state index contributed by atoms with van der Waals surface area (Å²) in [6.45, 7) is 5.96. The second-order valence-electron chi connectivity index (χ2n) is 8.43. The minimum atomic E-state index is 0.303. The lowest BCUT2D eigenvalue weighted by Crippen LogP contribution is -2.33. The van der Waals surface area contributed by atoms with Crippen molar-refractivity contribution in [3.63, 3.8) is 0 Å². The molecule has 3 aliphatic rings. The van der Waals surface area contributed by atoms with Crippen LogP contribution in [0.5, 0.6) is 0 Å². The second kappa shape index (κ2) is 6.58. The van der Waals surface area contributed by atoms with Crippen molar-refractivity contribution in [3.05, 3.63) is 0 Å². The average molecular weight is 293 g/mol. The number of hydrogen-bond acceptors (Lipinski definition) is 2. The Morgan fingerprint density at radius 1 is 1.05 bits per heavy atom. The number of nitrogens with one attached hydrogen (secondary N) is 1. The predicted molar refractivity (Wildman–Crippen MR) is 88.6 cm³/mol. The number of ether oxygens (including phenoxy) is 1. The molecule has 0 aromatic rings. The molecule has 1 aliphatic heterocycles. The van der Waals surface area contributed by atoms with Crippen LogP contribution in [0.2, 0.25) is 0 Å². The maximum Gasteiger partial charge on any atom is 0.0687 e. The Hall–Kier alpha value is -0.0800. The zero-order valence-electron chi connectivity index (χ0n) is 14.3. The van der Waals surface area contributed by atoms with E-state index < -0.39 is 0 Å². The van der Waals surface area contributed by atoms with Crippen LogP contribution in [0.25, 0.3) is 0 Å². The molecule has 3 unspecified atom stereocenters. The van der Waals surface area contributed by atoms with Crippen molar-refractivity contribution in [1.82, 2.24) is 5.32 Å². The van der Waals surface area contributed by atoms with Crippen LogP contribution in [-0.4, -0.2) is 24.3 Å². The smallest absolute Gasteiger partial charge is 0.0687 e. The molecule has 3 fully saturated rings. The summed E-state index contributed by atoms with van der Waals surface area (Å²) in [5, 5.41) is 3.73. The quantitative estimate of drug-likeness (QED) is 0.785. The first-order chi connectivity index (χ1) is 10.1. The van der Waals surface area contributed by atoms with Crippen molar-refractivity contribution in [2.75, 3.05) is 6.54 Å². The van der Waals surface area contributed by atoms with E-state index in [1.54, 1.807) is 0 Å². The fraction of sp³-hybridized carbons (Fsp3) is 1.00. The highest BCUT2D eigenvalue weighted by molar-refractivity contribution is 4.96. The zero-order chi connectivity index (χ0) is 14.8. The Kier molecular flexibility index (Phi) is 4.95. The third-order valence-electron chi connectivity index (χ3n) is 6.34. The van der Waals surface area contributed by atoms with Crippen LogP contribution < -0.4 is 5.32 Å². The van der Waals surface area contributed by atoms with E-state index in [4.69, 9.17) is 4.74 Å². The summed E-state index contributed by atoms with van der Waals surface area (Å²) in [4.78, 5) is 0. The molecule has 1 heterocycles. The summed E-state index contributed by atoms with van der Waals surface area (Å²) in [6, 6.07) is 0.764. The highest BCUT2D eigenvalue weighted by Crippen LogP contribution is 2.48. The largest absolute Gasteiger partial charge is 0.372 e. The van der Waals surface area contributed by atoms with Gasteiger partial charge in [-0.1, -0.05) is 33.1 Å². The van der Waals surface area contributed by atoms with Gasteiger partial charge in [0.1, 0.15) is 0 Å². The Labute approximate surface area is 131 Å². The molecule has 2 heteroatoms. The average Bonchev–Trinajstić information content (AvgIpc) is 3.02. The fourth-order valence-electron chi connectivity index (χ4n) is 5.18. The molecular formula is C19H35NO. The maximum atomic E-state index is 6.61. The van der Waals surface area contributed by atoms with Crippen molar-refractivity contribution in [1.29, 1.82) is 0 Å². The molecule has 0 aromatic heterocycles. The summed E-state index contributed by atoms with van der Waals surface area (Å²) < 4.78 is 6.61. The van der Waals surface area contributed by atoms with Crippen LogP contribution in [0, 0.1) is 5.41 Å². The molecule has 2 saturated carbocycles. The third kappa shape index (κ3) is 3.82. The van der Waals surface area contributed by atoms with E-state index in [1.807, 2.05) is 0 Å². The zero-order valence-corrected chi connectivity index (χ0v) is 14.3. The van der Waals surface area contributed by atoms with Gasteiger partial charge in [-0.2, -0.15) is 0 Å². The Balaban J connectivity index is 1.48. The molecule has 21 heavy (non-hydrogen) atoms. The van der Waals surface area contributed by atoms with Gasteiger partial charge < -0.3 is 10.1 Å². The van der Waals surface area contributed by atoms with Crippen LogP contribution in [0.1, 0.15) is 90.9 Å². The van der Waals surface area contributed by atoms with Crippen LogP contribution >= 0.6 is 0 Å². The van der Waals surface area contributed by atoms with Gasteiger partial charge in [-0.25, -0.2) is 0 Å². The highest BCUT2D eigenvalue weighted by Gasteiger charge is 2.44. The van der Waals surface area contributed by atoms with E-state index >= 15 is 0 Å². The molecule has 1 spiro atoms. The standard InChI is InChI=1S/C19H35NO/c1-3-13-20-16-7-11-18(2,14-16)15-17-8-12-19(21-17)9-5-4-6-10-19/h16-17,20H,3-15H2,1-2H3. The third-order valence-corrected chi connectivity index (χ3v) is 6.34. The van der Waals surface area contributed by atoms with Gasteiger partial charge in [-0.3, -0.25) is 0 Å². The van der Waals surface area contributed by atoms with Crippen LogP contribution in [-0.2, 0) is 4.74 Å². The lowest BCUT2D eigenvalue weighted by Gasteiger charge is -2.35. The molecule has 0 bridgehead atoms. The first-order valence-electron chi connectivity index (χ1n) is 9.54.